The zero-order valence-electron chi connectivity index (χ0n) is 9.88. The van der Waals surface area contributed by atoms with Gasteiger partial charge in [0.1, 0.15) is 11.3 Å². The first kappa shape index (κ1) is 10.0. The summed E-state index contributed by atoms with van der Waals surface area (Å²) in [4.78, 5) is 9.07. The second-order valence-corrected chi connectivity index (χ2v) is 4.26. The molecule has 3 aromatic heterocycles. The van der Waals surface area contributed by atoms with Crippen molar-refractivity contribution in [3.05, 3.63) is 54.0 Å². The maximum absolute atomic E-state index is 4.59. The molecule has 0 unspecified atom stereocenters. The largest absolute Gasteiger partial charge is 0.306 e. The molecule has 0 radical (unpaired) electrons. The Morgan fingerprint density at radius 1 is 1.00 bits per heavy atom. The first-order chi connectivity index (χ1) is 8.22. The number of pyridine rings is 2. The van der Waals surface area contributed by atoms with Crippen LogP contribution in [0.15, 0.2) is 42.7 Å². The van der Waals surface area contributed by atoms with E-state index in [0.717, 1.165) is 22.7 Å². The Bertz CT molecular complexity index is 683. The third-order valence-electron chi connectivity index (χ3n) is 2.77. The van der Waals surface area contributed by atoms with E-state index in [1.807, 2.05) is 41.9 Å². The number of nitrogens with zero attached hydrogens (tertiary/aromatic N) is 3. The fourth-order valence-electron chi connectivity index (χ4n) is 1.89. The van der Waals surface area contributed by atoms with E-state index in [1.54, 1.807) is 0 Å². The fraction of sp³-hybridized carbons (Fsp3) is 0.143. The molecule has 0 spiro atoms. The third-order valence-corrected chi connectivity index (χ3v) is 2.77. The lowest BCUT2D eigenvalue weighted by molar-refractivity contribution is 1.17. The van der Waals surface area contributed by atoms with Crippen LogP contribution in [0.5, 0.6) is 0 Å². The number of hydrogen-bond acceptors (Lipinski definition) is 2. The molecule has 0 atom stereocenters. The smallest absolute Gasteiger partial charge is 0.137 e. The minimum atomic E-state index is 0.916. The Hall–Kier alpha value is -2.16. The topological polar surface area (TPSA) is 30.2 Å². The van der Waals surface area contributed by atoms with Crippen LogP contribution in [0.3, 0.4) is 0 Å². The summed E-state index contributed by atoms with van der Waals surface area (Å²) in [7, 11) is 0. The highest BCUT2D eigenvalue weighted by Crippen LogP contribution is 2.17. The number of aromatic nitrogens is 3. The van der Waals surface area contributed by atoms with Gasteiger partial charge in [-0.3, -0.25) is 4.98 Å². The average molecular weight is 223 g/mol. The van der Waals surface area contributed by atoms with Crippen LogP contribution in [0.25, 0.3) is 17.0 Å². The highest BCUT2D eigenvalue weighted by molar-refractivity contribution is 5.59. The maximum atomic E-state index is 4.59. The highest BCUT2D eigenvalue weighted by Gasteiger charge is 2.05. The molecule has 0 bridgehead atoms. The van der Waals surface area contributed by atoms with E-state index in [4.69, 9.17) is 0 Å². The second-order valence-electron chi connectivity index (χ2n) is 4.26. The second kappa shape index (κ2) is 3.70. The van der Waals surface area contributed by atoms with Crippen molar-refractivity contribution in [1.29, 1.82) is 0 Å². The van der Waals surface area contributed by atoms with Crippen LogP contribution in [-0.2, 0) is 0 Å². The van der Waals surface area contributed by atoms with Crippen molar-refractivity contribution in [2.45, 2.75) is 13.8 Å². The molecule has 0 aliphatic carbocycles. The van der Waals surface area contributed by atoms with Crippen LogP contribution in [0.4, 0.5) is 0 Å². The molecule has 3 rings (SSSR count). The molecule has 0 fully saturated rings. The summed E-state index contributed by atoms with van der Waals surface area (Å²) < 4.78 is 2.02. The van der Waals surface area contributed by atoms with Crippen LogP contribution in [0.1, 0.15) is 11.3 Å². The summed E-state index contributed by atoms with van der Waals surface area (Å²) in [6, 6.07) is 10.1. The van der Waals surface area contributed by atoms with Gasteiger partial charge in [0, 0.05) is 18.1 Å². The predicted molar refractivity (Wildman–Crippen MR) is 67.9 cm³/mol. The normalized spacial score (nSPS) is 10.9. The summed E-state index contributed by atoms with van der Waals surface area (Å²) in [6.45, 7) is 4.06. The van der Waals surface area contributed by atoms with E-state index < -0.39 is 0 Å². The zero-order chi connectivity index (χ0) is 11.8. The Morgan fingerprint density at radius 2 is 1.88 bits per heavy atom. The molecule has 0 N–H and O–H groups in total. The van der Waals surface area contributed by atoms with E-state index in [1.165, 1.54) is 5.56 Å². The lowest BCUT2D eigenvalue weighted by Gasteiger charge is -1.95. The van der Waals surface area contributed by atoms with Crippen molar-refractivity contribution in [3.8, 4) is 11.4 Å². The van der Waals surface area contributed by atoms with Crippen molar-refractivity contribution in [2.24, 2.45) is 0 Å². The van der Waals surface area contributed by atoms with E-state index in [0.29, 0.717) is 0 Å². The van der Waals surface area contributed by atoms with Crippen molar-refractivity contribution < 1.29 is 0 Å². The summed E-state index contributed by atoms with van der Waals surface area (Å²) in [5.74, 6) is 0. The van der Waals surface area contributed by atoms with E-state index in [2.05, 4.69) is 29.0 Å². The molecule has 3 heteroatoms. The summed E-state index contributed by atoms with van der Waals surface area (Å²) in [5, 5.41) is 0. The van der Waals surface area contributed by atoms with Gasteiger partial charge in [0.15, 0.2) is 0 Å². The molecule has 0 saturated heterocycles. The first-order valence-electron chi connectivity index (χ1n) is 5.62. The molecule has 17 heavy (non-hydrogen) atoms. The van der Waals surface area contributed by atoms with Crippen molar-refractivity contribution in [2.75, 3.05) is 0 Å². The monoisotopic (exact) mass is 223 g/mol. The van der Waals surface area contributed by atoms with Crippen molar-refractivity contribution in [1.82, 2.24) is 14.4 Å². The van der Waals surface area contributed by atoms with Crippen LogP contribution >= 0.6 is 0 Å². The average Bonchev–Trinajstić information content (AvgIpc) is 2.72. The number of rotatable bonds is 1. The van der Waals surface area contributed by atoms with E-state index in [-0.39, 0.29) is 0 Å². The molecule has 0 aliphatic heterocycles. The molecule has 0 amide bonds. The molecular formula is C14H13N3. The van der Waals surface area contributed by atoms with Gasteiger partial charge < -0.3 is 4.40 Å². The van der Waals surface area contributed by atoms with Gasteiger partial charge in [-0.05, 0) is 43.7 Å². The summed E-state index contributed by atoms with van der Waals surface area (Å²) in [5.41, 5.74) is 5.02. The SMILES string of the molecule is Cc1ccn2cc(-c3cccc(C)n3)nc2c1. The molecule has 3 heterocycles. The Balaban J connectivity index is 2.18. The van der Waals surface area contributed by atoms with Crippen molar-refractivity contribution in [3.63, 3.8) is 0 Å². The van der Waals surface area contributed by atoms with Crippen LogP contribution in [0.2, 0.25) is 0 Å². The molecule has 3 aromatic rings. The van der Waals surface area contributed by atoms with Gasteiger partial charge in [0.2, 0.25) is 0 Å². The van der Waals surface area contributed by atoms with Gasteiger partial charge in [-0.15, -0.1) is 0 Å². The van der Waals surface area contributed by atoms with Gasteiger partial charge in [0.25, 0.3) is 0 Å². The molecule has 0 saturated carbocycles. The quantitative estimate of drug-likeness (QED) is 0.634. The Morgan fingerprint density at radius 3 is 2.71 bits per heavy atom. The maximum Gasteiger partial charge on any atom is 0.137 e. The minimum absolute atomic E-state index is 0.916. The lowest BCUT2D eigenvalue weighted by atomic mass is 10.2. The minimum Gasteiger partial charge on any atom is -0.306 e. The van der Waals surface area contributed by atoms with Crippen LogP contribution in [-0.4, -0.2) is 14.4 Å². The number of aryl methyl sites for hydroxylation is 2. The third kappa shape index (κ3) is 1.80. The highest BCUT2D eigenvalue weighted by atomic mass is 15.0. The van der Waals surface area contributed by atoms with E-state index in [9.17, 15) is 0 Å². The van der Waals surface area contributed by atoms with Gasteiger partial charge in [0.05, 0.1) is 5.69 Å². The Kier molecular flexibility index (Phi) is 2.18. The molecule has 84 valence electrons. The summed E-state index contributed by atoms with van der Waals surface area (Å²) in [6.07, 6.45) is 4.04. The van der Waals surface area contributed by atoms with Crippen LogP contribution in [0, 0.1) is 13.8 Å². The fourth-order valence-corrected chi connectivity index (χ4v) is 1.89. The zero-order valence-corrected chi connectivity index (χ0v) is 9.88. The first-order valence-corrected chi connectivity index (χ1v) is 5.62. The number of hydrogen-bond donors (Lipinski definition) is 0. The molecule has 0 aliphatic rings. The van der Waals surface area contributed by atoms with Gasteiger partial charge in [-0.2, -0.15) is 0 Å². The lowest BCUT2D eigenvalue weighted by Crippen LogP contribution is -1.85. The predicted octanol–water partition coefficient (Wildman–Crippen LogP) is 3.01. The molecule has 0 aromatic carbocycles. The number of imidazole rings is 1. The molecule has 3 nitrogen and oxygen atoms in total. The standard InChI is InChI=1S/C14H13N3/c1-10-6-7-17-9-13(16-14(17)8-10)12-5-3-4-11(2)15-12/h3-9H,1-2H3. The summed E-state index contributed by atoms with van der Waals surface area (Å²) >= 11 is 0. The van der Waals surface area contributed by atoms with Gasteiger partial charge in [-0.25, -0.2) is 4.98 Å². The van der Waals surface area contributed by atoms with Crippen molar-refractivity contribution >= 4 is 5.65 Å². The Labute approximate surface area is 99.8 Å². The van der Waals surface area contributed by atoms with Gasteiger partial charge in [-0.1, -0.05) is 6.07 Å². The van der Waals surface area contributed by atoms with Gasteiger partial charge >= 0.3 is 0 Å². The van der Waals surface area contributed by atoms with E-state index >= 15 is 0 Å². The van der Waals surface area contributed by atoms with Crippen LogP contribution < -0.4 is 0 Å². The number of fused-ring (bicyclic) bond motifs is 1. The molecular weight excluding hydrogens is 210 g/mol.